The molecule has 6 saturated carbocycles. The predicted molar refractivity (Wildman–Crippen MR) is 141 cm³/mol. The second kappa shape index (κ2) is 9.93. The van der Waals surface area contributed by atoms with E-state index in [1.54, 1.807) is 0 Å². The first-order valence-electron chi connectivity index (χ1n) is 14.6. The summed E-state index contributed by atoms with van der Waals surface area (Å²) in [5, 5.41) is 0. The van der Waals surface area contributed by atoms with Crippen molar-refractivity contribution in [2.75, 3.05) is 7.11 Å². The SMILES string of the molecule is COC(=O)CCCCC(=O)CCCB([C@@H]1C[C@@H]2C[C@H]([C@H]1C)C2(C)C)[C@@H]1C[C@@H]2C[C@H]([C@H]1C)C2(C)C. The van der Waals surface area contributed by atoms with Gasteiger partial charge in [-0.25, -0.2) is 0 Å². The first-order chi connectivity index (χ1) is 16.0. The molecule has 6 fully saturated rings. The Morgan fingerprint density at radius 1 is 0.765 bits per heavy atom. The van der Waals surface area contributed by atoms with E-state index in [9.17, 15) is 9.59 Å². The average molecular weight is 471 g/mol. The maximum atomic E-state index is 12.6. The van der Waals surface area contributed by atoms with E-state index < -0.39 is 0 Å². The van der Waals surface area contributed by atoms with Crippen molar-refractivity contribution in [1.82, 2.24) is 0 Å². The minimum absolute atomic E-state index is 0.166. The van der Waals surface area contributed by atoms with Gasteiger partial charge in [-0.05, 0) is 72.0 Å². The summed E-state index contributed by atoms with van der Waals surface area (Å²) in [5.41, 5.74) is 1.09. The quantitative estimate of drug-likeness (QED) is 0.176. The van der Waals surface area contributed by atoms with Crippen LogP contribution < -0.4 is 0 Å². The third kappa shape index (κ3) is 4.65. The molecule has 0 spiro atoms. The first-order valence-corrected chi connectivity index (χ1v) is 14.6. The highest BCUT2D eigenvalue weighted by molar-refractivity contribution is 6.62. The number of fused-ring (bicyclic) bond motifs is 4. The van der Waals surface area contributed by atoms with Crippen LogP contribution in [0.4, 0.5) is 0 Å². The number of ether oxygens (including phenoxy) is 1. The van der Waals surface area contributed by atoms with Gasteiger partial charge in [0, 0.05) is 19.3 Å². The summed E-state index contributed by atoms with van der Waals surface area (Å²) in [6.07, 6.45) is 11.4. The molecule has 0 heterocycles. The van der Waals surface area contributed by atoms with Gasteiger partial charge in [-0.3, -0.25) is 9.59 Å². The zero-order valence-corrected chi connectivity index (χ0v) is 23.2. The molecule has 0 radical (unpaired) electrons. The summed E-state index contributed by atoms with van der Waals surface area (Å²) in [6.45, 7) is 16.0. The predicted octanol–water partition coefficient (Wildman–Crippen LogP) is 7.71. The van der Waals surface area contributed by atoms with Gasteiger partial charge >= 0.3 is 5.97 Å². The fraction of sp³-hybridized carbons (Fsp3) is 0.933. The molecular weight excluding hydrogens is 419 g/mol. The van der Waals surface area contributed by atoms with Crippen LogP contribution in [0.15, 0.2) is 0 Å². The van der Waals surface area contributed by atoms with E-state index in [4.69, 9.17) is 4.74 Å². The second-order valence-corrected chi connectivity index (χ2v) is 14.1. The smallest absolute Gasteiger partial charge is 0.305 e. The van der Waals surface area contributed by atoms with Crippen molar-refractivity contribution < 1.29 is 14.3 Å². The van der Waals surface area contributed by atoms with Gasteiger partial charge in [0.05, 0.1) is 7.11 Å². The van der Waals surface area contributed by atoms with Crippen LogP contribution in [-0.2, 0) is 14.3 Å². The molecule has 6 aliphatic carbocycles. The molecule has 0 aromatic rings. The molecule has 0 unspecified atom stereocenters. The van der Waals surface area contributed by atoms with Crippen molar-refractivity contribution in [3.8, 4) is 0 Å². The summed E-state index contributed by atoms with van der Waals surface area (Å²) in [4.78, 5) is 23.9. The van der Waals surface area contributed by atoms with Gasteiger partial charge < -0.3 is 4.74 Å². The third-order valence-corrected chi connectivity index (χ3v) is 12.2. The number of methoxy groups -OCH3 is 1. The van der Waals surface area contributed by atoms with Crippen LogP contribution in [0.2, 0.25) is 18.0 Å². The summed E-state index contributed by atoms with van der Waals surface area (Å²) < 4.78 is 4.70. The van der Waals surface area contributed by atoms with Crippen LogP contribution in [0.3, 0.4) is 0 Å². The molecule has 0 amide bonds. The van der Waals surface area contributed by atoms with E-state index >= 15 is 0 Å². The fourth-order valence-electron chi connectivity index (χ4n) is 9.61. The van der Waals surface area contributed by atoms with Crippen molar-refractivity contribution in [3.05, 3.63) is 0 Å². The Morgan fingerprint density at radius 2 is 1.24 bits per heavy atom. The number of esters is 1. The Hall–Kier alpha value is -0.795. The normalized spacial score (nSPS) is 38.9. The van der Waals surface area contributed by atoms with E-state index in [2.05, 4.69) is 41.5 Å². The third-order valence-electron chi connectivity index (χ3n) is 12.2. The Labute approximate surface area is 210 Å². The second-order valence-electron chi connectivity index (χ2n) is 14.1. The number of unbranched alkanes of at least 4 members (excludes halogenated alkanes) is 1. The molecule has 192 valence electrons. The minimum atomic E-state index is -0.166. The number of rotatable bonds is 11. The van der Waals surface area contributed by atoms with Crippen molar-refractivity contribution in [3.63, 3.8) is 0 Å². The lowest BCUT2D eigenvalue weighted by molar-refractivity contribution is -0.140. The molecular formula is C30H51BO3. The lowest BCUT2D eigenvalue weighted by Gasteiger charge is -2.66. The molecule has 6 aliphatic rings. The maximum absolute atomic E-state index is 12.6. The standard InChI is InChI=1S/C30H51BO3/c1-19-24-15-21(29(24,3)4)17-26(19)31(27-18-22-16-25(20(27)2)30(22,5)6)14-10-12-23(32)11-8-9-13-28(33)34-7/h19-22,24-27H,8-18H2,1-7H3/t19-,20-,21+,22+,24-,25-,26-,27-/m1/s1. The van der Waals surface area contributed by atoms with Gasteiger partial charge in [0.1, 0.15) is 12.5 Å². The van der Waals surface area contributed by atoms with Crippen LogP contribution in [-0.4, -0.2) is 25.6 Å². The highest BCUT2D eigenvalue weighted by Gasteiger charge is 2.62. The average Bonchev–Trinajstić information content (AvgIpc) is 2.79. The molecule has 3 nitrogen and oxygen atoms in total. The lowest BCUT2D eigenvalue weighted by Crippen LogP contribution is -2.59. The van der Waals surface area contributed by atoms with Crippen LogP contribution in [0.5, 0.6) is 0 Å². The molecule has 8 atom stereocenters. The highest BCUT2D eigenvalue weighted by atomic mass is 16.5. The molecule has 0 aliphatic heterocycles. The van der Waals surface area contributed by atoms with E-state index in [0.717, 1.165) is 79.5 Å². The zero-order valence-electron chi connectivity index (χ0n) is 23.2. The van der Waals surface area contributed by atoms with E-state index in [1.165, 1.54) is 39.1 Å². The van der Waals surface area contributed by atoms with E-state index in [1.807, 2.05) is 0 Å². The number of hydrogen-bond acceptors (Lipinski definition) is 3. The Balaban J connectivity index is 1.36. The summed E-state index contributed by atoms with van der Waals surface area (Å²) in [6, 6.07) is 0. The zero-order chi connectivity index (χ0) is 24.8. The first kappa shape index (κ1) is 26.3. The largest absolute Gasteiger partial charge is 0.469 e. The number of ketones is 1. The summed E-state index contributed by atoms with van der Waals surface area (Å²) in [7, 11) is 1.43. The van der Waals surface area contributed by atoms with E-state index in [0.29, 0.717) is 29.5 Å². The Morgan fingerprint density at radius 3 is 1.68 bits per heavy atom. The molecule has 0 N–H and O–H groups in total. The maximum Gasteiger partial charge on any atom is 0.305 e. The van der Waals surface area contributed by atoms with Crippen molar-refractivity contribution in [2.45, 2.75) is 124 Å². The Kier molecular flexibility index (Phi) is 7.67. The van der Waals surface area contributed by atoms with Gasteiger partial charge in [0.2, 0.25) is 0 Å². The monoisotopic (exact) mass is 470 g/mol. The van der Waals surface area contributed by atoms with Gasteiger partial charge in [-0.15, -0.1) is 0 Å². The van der Waals surface area contributed by atoms with Crippen LogP contribution in [0.25, 0.3) is 0 Å². The molecule has 0 aromatic heterocycles. The van der Waals surface area contributed by atoms with Crippen LogP contribution in [0, 0.1) is 46.3 Å². The van der Waals surface area contributed by atoms with Crippen LogP contribution in [0.1, 0.15) is 106 Å². The number of Topliss-reactive ketones (excluding diaryl/α,β-unsaturated/α-hetero) is 1. The summed E-state index contributed by atoms with van der Waals surface area (Å²) >= 11 is 0. The molecule has 0 aromatic carbocycles. The van der Waals surface area contributed by atoms with Crippen LogP contribution >= 0.6 is 0 Å². The summed E-state index contributed by atoms with van der Waals surface area (Å²) in [5.74, 6) is 7.26. The molecule has 6 rings (SSSR count). The minimum Gasteiger partial charge on any atom is -0.469 e. The Bertz CT molecular complexity index is 716. The van der Waals surface area contributed by atoms with E-state index in [-0.39, 0.29) is 5.97 Å². The van der Waals surface area contributed by atoms with Crippen molar-refractivity contribution in [1.29, 1.82) is 0 Å². The van der Waals surface area contributed by atoms with Gasteiger partial charge in [0.15, 0.2) is 0 Å². The van der Waals surface area contributed by atoms with Crippen molar-refractivity contribution in [2.24, 2.45) is 46.3 Å². The number of hydrogen-bond donors (Lipinski definition) is 0. The highest BCUT2D eigenvalue weighted by Crippen LogP contribution is 2.69. The topological polar surface area (TPSA) is 43.4 Å². The van der Waals surface area contributed by atoms with Gasteiger partial charge in [0.25, 0.3) is 0 Å². The molecule has 4 bridgehead atoms. The number of carbonyl (C=O) groups excluding carboxylic acids is 2. The molecule has 34 heavy (non-hydrogen) atoms. The molecule has 0 saturated heterocycles. The van der Waals surface area contributed by atoms with Gasteiger partial charge in [-0.2, -0.15) is 0 Å². The lowest BCUT2D eigenvalue weighted by atomic mass is 9.20. The number of carbonyl (C=O) groups is 2. The molecule has 4 heteroatoms. The fourth-order valence-corrected chi connectivity index (χ4v) is 9.61. The van der Waals surface area contributed by atoms with Crippen molar-refractivity contribution >= 4 is 18.5 Å². The van der Waals surface area contributed by atoms with Gasteiger partial charge in [-0.1, -0.05) is 78.8 Å².